The molecule has 1 aromatic carbocycles. The predicted molar refractivity (Wildman–Crippen MR) is 162 cm³/mol. The number of nitrogens with one attached hydrogen (secondary N) is 1. The molecule has 3 aliphatic rings. The van der Waals surface area contributed by atoms with E-state index in [2.05, 4.69) is 22.1 Å². The van der Waals surface area contributed by atoms with Crippen molar-refractivity contribution < 1.29 is 35.9 Å². The summed E-state index contributed by atoms with van der Waals surface area (Å²) >= 11 is 0. The molecule has 1 amide bonds. The van der Waals surface area contributed by atoms with E-state index in [1.54, 1.807) is 12.3 Å². The van der Waals surface area contributed by atoms with Gasteiger partial charge in [0.1, 0.15) is 12.4 Å². The molecule has 11 nitrogen and oxygen atoms in total. The lowest BCUT2D eigenvalue weighted by atomic mass is 10.0. The first kappa shape index (κ1) is 30.2. The molecule has 0 saturated carbocycles. The summed E-state index contributed by atoms with van der Waals surface area (Å²) in [7, 11) is -4.64. The fourth-order valence-electron chi connectivity index (χ4n) is 5.82. The average molecular weight is 655 g/mol. The average Bonchev–Trinajstić information content (AvgIpc) is 3.16. The van der Waals surface area contributed by atoms with Gasteiger partial charge in [-0.1, -0.05) is 0 Å². The van der Waals surface area contributed by atoms with Crippen molar-refractivity contribution in [2.75, 3.05) is 36.1 Å². The molecule has 6 heterocycles. The summed E-state index contributed by atoms with van der Waals surface area (Å²) in [5, 5.41) is 3.34. The molecule has 7 rings (SSSR count). The molecule has 0 aliphatic carbocycles. The van der Waals surface area contributed by atoms with Crippen molar-refractivity contribution in [3.8, 4) is 5.75 Å². The highest BCUT2D eigenvalue weighted by Crippen LogP contribution is 2.39. The van der Waals surface area contributed by atoms with E-state index in [9.17, 15) is 26.4 Å². The van der Waals surface area contributed by atoms with E-state index >= 15 is 0 Å². The largest absolute Gasteiger partial charge is 0.488 e. The molecule has 0 bridgehead atoms. The monoisotopic (exact) mass is 654 g/mol. The normalized spacial score (nSPS) is 20.4. The number of carbonyl (C=O) groups is 1. The first-order valence-corrected chi connectivity index (χ1v) is 16.3. The fraction of sp³-hybridized carbons (Fsp3) is 0.355. The lowest BCUT2D eigenvalue weighted by Gasteiger charge is -2.41. The summed E-state index contributed by atoms with van der Waals surface area (Å²) in [5.41, 5.74) is -1.81. The molecular weight excluding hydrogens is 625 g/mol. The number of alkyl halides is 3. The number of benzene rings is 1. The first-order valence-electron chi connectivity index (χ1n) is 14.7. The molecule has 0 spiro atoms. The van der Waals surface area contributed by atoms with Crippen molar-refractivity contribution in [1.29, 1.82) is 0 Å². The van der Waals surface area contributed by atoms with Gasteiger partial charge in [0.15, 0.2) is 11.6 Å². The third-order valence-corrected chi connectivity index (χ3v) is 10.3. The standard InChI is InChI=1S/C31H29F3N6O5S/c1-17-4-5-39(17)21-11-25-30(36-14-21)40(6-7-45-25)28-3-2-18-12-35-20(10-24(18)38-28)13-37-31(41)19-8-22(29(33)34)23-15-44-16-27(32)46(42,43)26(23)9-19/h2-3,8-12,14,17,27,29H,4-7,13,15-16H2,1H3,(H,37,41)/t17-,27-/m1/s1. The zero-order valence-corrected chi connectivity index (χ0v) is 25.4. The van der Waals surface area contributed by atoms with Crippen molar-refractivity contribution in [3.05, 3.63) is 71.2 Å². The second-order valence-corrected chi connectivity index (χ2v) is 13.4. The highest BCUT2D eigenvalue weighted by atomic mass is 32.2. The summed E-state index contributed by atoms with van der Waals surface area (Å²) in [6.07, 6.45) is 1.47. The number of carbonyl (C=O) groups excluding carboxylic acids is 1. The summed E-state index contributed by atoms with van der Waals surface area (Å²) in [6.45, 7) is 2.73. The summed E-state index contributed by atoms with van der Waals surface area (Å²) < 4.78 is 78.4. The molecule has 4 aromatic rings. The Kier molecular flexibility index (Phi) is 7.67. The van der Waals surface area contributed by atoms with Crippen LogP contribution in [0.25, 0.3) is 10.9 Å². The van der Waals surface area contributed by atoms with Crippen molar-refractivity contribution in [2.45, 2.75) is 49.4 Å². The molecule has 3 aromatic heterocycles. The van der Waals surface area contributed by atoms with Gasteiger partial charge < -0.3 is 24.6 Å². The number of sulfone groups is 1. The van der Waals surface area contributed by atoms with Gasteiger partial charge >= 0.3 is 0 Å². The number of ether oxygens (including phenoxy) is 2. The van der Waals surface area contributed by atoms with Gasteiger partial charge in [-0.25, -0.2) is 31.6 Å². The van der Waals surface area contributed by atoms with Crippen LogP contribution in [0.4, 0.5) is 30.5 Å². The number of aromatic nitrogens is 3. The minimum Gasteiger partial charge on any atom is -0.488 e. The van der Waals surface area contributed by atoms with Gasteiger partial charge in [-0.3, -0.25) is 9.78 Å². The Bertz CT molecular complexity index is 1960. The number of pyridine rings is 3. The fourth-order valence-corrected chi connectivity index (χ4v) is 7.18. The quantitative estimate of drug-likeness (QED) is 0.315. The third kappa shape index (κ3) is 5.36. The van der Waals surface area contributed by atoms with Gasteiger partial charge in [0, 0.05) is 46.9 Å². The predicted octanol–water partition coefficient (Wildman–Crippen LogP) is 4.62. The Balaban J connectivity index is 1.12. The van der Waals surface area contributed by atoms with Crippen LogP contribution in [0.1, 0.15) is 46.9 Å². The minimum atomic E-state index is -4.64. The molecule has 1 N–H and O–H groups in total. The van der Waals surface area contributed by atoms with E-state index in [4.69, 9.17) is 19.4 Å². The second-order valence-electron chi connectivity index (χ2n) is 11.4. The van der Waals surface area contributed by atoms with Crippen LogP contribution in [0.3, 0.4) is 0 Å². The molecule has 2 atom stereocenters. The zero-order chi connectivity index (χ0) is 32.2. The maximum atomic E-state index is 14.3. The van der Waals surface area contributed by atoms with Crippen molar-refractivity contribution in [2.24, 2.45) is 0 Å². The number of hydrogen-bond donors (Lipinski definition) is 1. The maximum Gasteiger partial charge on any atom is 0.264 e. The highest BCUT2D eigenvalue weighted by Gasteiger charge is 2.36. The van der Waals surface area contributed by atoms with Crippen LogP contribution in [0.15, 0.2) is 53.7 Å². The number of amides is 1. The van der Waals surface area contributed by atoms with E-state index in [0.29, 0.717) is 47.8 Å². The van der Waals surface area contributed by atoms with E-state index in [0.717, 1.165) is 36.2 Å². The van der Waals surface area contributed by atoms with Crippen LogP contribution in [0.2, 0.25) is 0 Å². The van der Waals surface area contributed by atoms with Gasteiger partial charge in [0.05, 0.1) is 54.3 Å². The topological polar surface area (TPSA) is 127 Å². The molecule has 1 fully saturated rings. The molecule has 46 heavy (non-hydrogen) atoms. The van der Waals surface area contributed by atoms with E-state index in [1.807, 2.05) is 29.3 Å². The van der Waals surface area contributed by atoms with Crippen LogP contribution in [0, 0.1) is 0 Å². The molecule has 0 radical (unpaired) electrons. The molecular formula is C31H29F3N6O5S. The summed E-state index contributed by atoms with van der Waals surface area (Å²) in [6, 6.07) is 9.72. The third-order valence-electron chi connectivity index (χ3n) is 8.50. The van der Waals surface area contributed by atoms with Gasteiger partial charge in [-0.2, -0.15) is 0 Å². The smallest absolute Gasteiger partial charge is 0.264 e. The lowest BCUT2D eigenvalue weighted by Crippen LogP contribution is -2.45. The number of nitrogens with zero attached hydrogens (tertiary/aromatic N) is 5. The zero-order valence-electron chi connectivity index (χ0n) is 24.6. The second kappa shape index (κ2) is 11.7. The Hall–Kier alpha value is -4.50. The lowest BCUT2D eigenvalue weighted by molar-refractivity contribution is 0.0914. The first-order chi connectivity index (χ1) is 22.1. The Morgan fingerprint density at radius 2 is 1.98 bits per heavy atom. The summed E-state index contributed by atoms with van der Waals surface area (Å²) in [4.78, 5) is 30.5. The van der Waals surface area contributed by atoms with E-state index in [1.165, 1.54) is 0 Å². The van der Waals surface area contributed by atoms with Crippen LogP contribution in [-0.4, -0.2) is 67.1 Å². The Morgan fingerprint density at radius 3 is 2.74 bits per heavy atom. The SMILES string of the molecule is C[C@@H]1CCN1c1cnc2c(c1)OCCN2c1ccc2cnc(CNC(=O)c3cc(C(F)F)c4c(c3)S(=O)(=O)[C@@H](F)COC4)cc2n1. The van der Waals surface area contributed by atoms with Crippen LogP contribution in [0.5, 0.6) is 5.75 Å². The molecule has 240 valence electrons. The van der Waals surface area contributed by atoms with Gasteiger partial charge in [-0.05, 0) is 43.7 Å². The van der Waals surface area contributed by atoms with E-state index < -0.39 is 51.3 Å². The number of fused-ring (bicyclic) bond motifs is 3. The number of hydrogen-bond acceptors (Lipinski definition) is 10. The van der Waals surface area contributed by atoms with E-state index in [-0.39, 0.29) is 17.7 Å². The highest BCUT2D eigenvalue weighted by molar-refractivity contribution is 7.92. The van der Waals surface area contributed by atoms with Gasteiger partial charge in [0.2, 0.25) is 15.3 Å². The maximum absolute atomic E-state index is 14.3. The summed E-state index contributed by atoms with van der Waals surface area (Å²) in [5.74, 6) is 1.16. The molecule has 1 saturated heterocycles. The van der Waals surface area contributed by atoms with Crippen LogP contribution in [-0.2, 0) is 27.7 Å². The van der Waals surface area contributed by atoms with Gasteiger partial charge in [0.25, 0.3) is 12.3 Å². The van der Waals surface area contributed by atoms with Crippen molar-refractivity contribution in [3.63, 3.8) is 0 Å². The molecule has 3 aliphatic heterocycles. The van der Waals surface area contributed by atoms with Gasteiger partial charge in [-0.15, -0.1) is 0 Å². The van der Waals surface area contributed by atoms with Crippen molar-refractivity contribution >= 4 is 44.0 Å². The molecule has 15 heteroatoms. The van der Waals surface area contributed by atoms with Crippen LogP contribution < -0.4 is 19.9 Å². The number of anilines is 3. The minimum absolute atomic E-state index is 0.108. The van der Waals surface area contributed by atoms with Crippen LogP contribution >= 0.6 is 0 Å². The number of halogens is 3. The molecule has 0 unspecified atom stereocenters. The Labute approximate surface area is 262 Å². The number of rotatable bonds is 6. The van der Waals surface area contributed by atoms with Crippen molar-refractivity contribution in [1.82, 2.24) is 20.3 Å². The Morgan fingerprint density at radius 1 is 1.13 bits per heavy atom.